The molecule has 2 heterocycles. The van der Waals surface area contributed by atoms with Gasteiger partial charge in [0, 0.05) is 30.9 Å². The quantitative estimate of drug-likeness (QED) is 0.805. The molecule has 98 valence electrons. The molecule has 2 aromatic rings. The highest BCUT2D eigenvalue weighted by atomic mass is 19.1. The Bertz CT molecular complexity index is 721. The van der Waals surface area contributed by atoms with Gasteiger partial charge in [0.05, 0.1) is 11.8 Å². The van der Waals surface area contributed by atoms with Crippen LogP contribution in [0.15, 0.2) is 34.2 Å². The molecule has 0 aliphatic rings. The van der Waals surface area contributed by atoms with Gasteiger partial charge in [-0.05, 0) is 6.07 Å². The Morgan fingerprint density at radius 2 is 2.16 bits per heavy atom. The average Bonchev–Trinajstić information content (AvgIpc) is 2.39. The minimum atomic E-state index is -0.683. The molecule has 0 saturated carbocycles. The summed E-state index contributed by atoms with van der Waals surface area (Å²) in [5.41, 5.74) is -1.25. The maximum Gasteiger partial charge on any atom is 0.328 e. The van der Waals surface area contributed by atoms with Crippen LogP contribution < -0.4 is 11.2 Å². The van der Waals surface area contributed by atoms with E-state index in [9.17, 15) is 18.8 Å². The number of H-pyrrole nitrogens is 1. The first kappa shape index (κ1) is 12.9. The molecule has 0 spiro atoms. The number of rotatable bonds is 4. The number of aromatic amines is 1. The van der Waals surface area contributed by atoms with E-state index in [1.165, 1.54) is 18.5 Å². The molecule has 0 aliphatic carbocycles. The van der Waals surface area contributed by atoms with Crippen LogP contribution in [0, 0.1) is 5.82 Å². The molecule has 0 aliphatic heterocycles. The molecule has 6 nitrogen and oxygen atoms in total. The van der Waals surface area contributed by atoms with Gasteiger partial charge in [-0.3, -0.25) is 19.3 Å². The first-order valence-corrected chi connectivity index (χ1v) is 5.50. The van der Waals surface area contributed by atoms with Gasteiger partial charge < -0.3 is 4.79 Å². The van der Waals surface area contributed by atoms with Crippen molar-refractivity contribution >= 4 is 6.29 Å². The van der Waals surface area contributed by atoms with Crippen LogP contribution in [0.3, 0.4) is 0 Å². The van der Waals surface area contributed by atoms with Crippen molar-refractivity contribution in [1.82, 2.24) is 14.5 Å². The van der Waals surface area contributed by atoms with Crippen LogP contribution in [0.5, 0.6) is 0 Å². The SMILES string of the molecule is O=CCCn1cc(-c2ccncc2F)c(=O)[nH]c1=O. The number of pyridine rings is 1. The summed E-state index contributed by atoms with van der Waals surface area (Å²) < 4.78 is 14.7. The number of aryl methyl sites for hydroxylation is 1. The number of carbonyl (C=O) groups is 1. The summed E-state index contributed by atoms with van der Waals surface area (Å²) in [5.74, 6) is -0.659. The highest BCUT2D eigenvalue weighted by Gasteiger charge is 2.11. The van der Waals surface area contributed by atoms with Crippen LogP contribution in [0.25, 0.3) is 11.1 Å². The molecule has 1 N–H and O–H groups in total. The number of aldehydes is 1. The summed E-state index contributed by atoms with van der Waals surface area (Å²) in [6, 6.07) is 1.34. The Morgan fingerprint density at radius 1 is 1.37 bits per heavy atom. The Balaban J connectivity index is 2.58. The van der Waals surface area contributed by atoms with Crippen LogP contribution in [-0.2, 0) is 11.3 Å². The van der Waals surface area contributed by atoms with Crippen LogP contribution in [-0.4, -0.2) is 20.8 Å². The maximum atomic E-state index is 13.6. The summed E-state index contributed by atoms with van der Waals surface area (Å²) >= 11 is 0. The second kappa shape index (κ2) is 5.38. The number of hydrogen-bond acceptors (Lipinski definition) is 4. The fourth-order valence-corrected chi connectivity index (χ4v) is 1.65. The minimum Gasteiger partial charge on any atom is -0.303 e. The van der Waals surface area contributed by atoms with Crippen molar-refractivity contribution in [2.45, 2.75) is 13.0 Å². The summed E-state index contributed by atoms with van der Waals surface area (Å²) in [6.45, 7) is 0.124. The molecular formula is C12H10FN3O3. The summed E-state index contributed by atoms with van der Waals surface area (Å²) in [4.78, 5) is 39.2. The fraction of sp³-hybridized carbons (Fsp3) is 0.167. The van der Waals surface area contributed by atoms with E-state index in [1.54, 1.807) is 0 Å². The molecule has 0 bridgehead atoms. The van der Waals surface area contributed by atoms with Crippen molar-refractivity contribution in [3.05, 3.63) is 51.3 Å². The molecule has 0 saturated heterocycles. The summed E-state index contributed by atoms with van der Waals surface area (Å²) in [7, 11) is 0. The van der Waals surface area contributed by atoms with E-state index >= 15 is 0 Å². The van der Waals surface area contributed by atoms with Crippen molar-refractivity contribution in [2.75, 3.05) is 0 Å². The predicted octanol–water partition coefficient (Wildman–Crippen LogP) is 0.327. The average molecular weight is 263 g/mol. The van der Waals surface area contributed by atoms with Crippen molar-refractivity contribution < 1.29 is 9.18 Å². The third kappa shape index (κ3) is 2.65. The monoisotopic (exact) mass is 263 g/mol. The number of hydrogen-bond donors (Lipinski definition) is 1. The van der Waals surface area contributed by atoms with Gasteiger partial charge in [0.1, 0.15) is 12.1 Å². The third-order valence-corrected chi connectivity index (χ3v) is 2.56. The normalized spacial score (nSPS) is 10.4. The van der Waals surface area contributed by atoms with Crippen LogP contribution in [0.1, 0.15) is 6.42 Å². The van der Waals surface area contributed by atoms with Gasteiger partial charge in [-0.15, -0.1) is 0 Å². The highest BCUT2D eigenvalue weighted by Crippen LogP contribution is 2.16. The van der Waals surface area contributed by atoms with Gasteiger partial charge in [0.2, 0.25) is 0 Å². The highest BCUT2D eigenvalue weighted by molar-refractivity contribution is 5.61. The number of nitrogens with one attached hydrogen (secondary N) is 1. The number of carbonyl (C=O) groups excluding carboxylic acids is 1. The minimum absolute atomic E-state index is 0.0189. The lowest BCUT2D eigenvalue weighted by Crippen LogP contribution is -2.30. The zero-order chi connectivity index (χ0) is 13.8. The zero-order valence-electron chi connectivity index (χ0n) is 9.80. The Morgan fingerprint density at radius 3 is 2.84 bits per heavy atom. The van der Waals surface area contributed by atoms with E-state index in [-0.39, 0.29) is 24.1 Å². The van der Waals surface area contributed by atoms with Crippen molar-refractivity contribution in [1.29, 1.82) is 0 Å². The van der Waals surface area contributed by atoms with Crippen molar-refractivity contribution in [3.63, 3.8) is 0 Å². The number of halogens is 1. The third-order valence-electron chi connectivity index (χ3n) is 2.56. The predicted molar refractivity (Wildman–Crippen MR) is 65.2 cm³/mol. The molecule has 2 rings (SSSR count). The molecular weight excluding hydrogens is 253 g/mol. The molecule has 2 aromatic heterocycles. The van der Waals surface area contributed by atoms with Gasteiger partial charge in [-0.25, -0.2) is 9.18 Å². The second-order valence-corrected chi connectivity index (χ2v) is 3.81. The van der Waals surface area contributed by atoms with Gasteiger partial charge in [0.25, 0.3) is 5.56 Å². The number of nitrogens with zero attached hydrogens (tertiary/aromatic N) is 2. The molecule has 0 unspecified atom stereocenters. The van der Waals surface area contributed by atoms with Gasteiger partial charge >= 0.3 is 5.69 Å². The molecule has 0 radical (unpaired) electrons. The molecule has 0 amide bonds. The molecule has 19 heavy (non-hydrogen) atoms. The molecule has 0 fully saturated rings. The Kier molecular flexibility index (Phi) is 3.65. The molecule has 7 heteroatoms. The summed E-state index contributed by atoms with van der Waals surface area (Å²) in [5, 5.41) is 0. The van der Waals surface area contributed by atoms with E-state index < -0.39 is 17.1 Å². The first-order chi connectivity index (χ1) is 9.13. The van der Waals surface area contributed by atoms with E-state index in [0.717, 1.165) is 10.8 Å². The smallest absolute Gasteiger partial charge is 0.303 e. The zero-order valence-corrected chi connectivity index (χ0v) is 9.80. The lowest BCUT2D eigenvalue weighted by Gasteiger charge is -2.06. The number of aromatic nitrogens is 3. The lowest BCUT2D eigenvalue weighted by atomic mass is 10.1. The van der Waals surface area contributed by atoms with Gasteiger partial charge in [-0.1, -0.05) is 0 Å². The fourth-order valence-electron chi connectivity index (χ4n) is 1.65. The van der Waals surface area contributed by atoms with E-state index in [2.05, 4.69) is 9.97 Å². The first-order valence-electron chi connectivity index (χ1n) is 5.50. The topological polar surface area (TPSA) is 84.8 Å². The van der Waals surface area contributed by atoms with E-state index in [4.69, 9.17) is 0 Å². The maximum absolute atomic E-state index is 13.6. The molecule has 0 atom stereocenters. The second-order valence-electron chi connectivity index (χ2n) is 3.81. The Labute approximate surface area is 106 Å². The Hall–Kier alpha value is -2.57. The van der Waals surface area contributed by atoms with Gasteiger partial charge in [0.15, 0.2) is 0 Å². The van der Waals surface area contributed by atoms with Crippen LogP contribution in [0.2, 0.25) is 0 Å². The summed E-state index contributed by atoms with van der Waals surface area (Å²) in [6.07, 6.45) is 4.35. The van der Waals surface area contributed by atoms with Crippen LogP contribution in [0.4, 0.5) is 4.39 Å². The van der Waals surface area contributed by atoms with Crippen LogP contribution >= 0.6 is 0 Å². The molecule has 0 aromatic carbocycles. The van der Waals surface area contributed by atoms with Crippen molar-refractivity contribution in [3.8, 4) is 11.1 Å². The van der Waals surface area contributed by atoms with Crippen molar-refractivity contribution in [2.24, 2.45) is 0 Å². The standard InChI is InChI=1S/C12H10FN3O3/c13-10-6-14-3-2-8(10)9-7-16(4-1-5-17)12(19)15-11(9)18/h2-3,5-7H,1,4H2,(H,15,18,19). The lowest BCUT2D eigenvalue weighted by molar-refractivity contribution is -0.108. The largest absolute Gasteiger partial charge is 0.328 e. The van der Waals surface area contributed by atoms with Gasteiger partial charge in [-0.2, -0.15) is 0 Å². The van der Waals surface area contributed by atoms with E-state index in [1.807, 2.05) is 0 Å². The van der Waals surface area contributed by atoms with E-state index in [0.29, 0.717) is 6.29 Å².